The molecule has 0 spiro atoms. The maximum Gasteiger partial charge on any atom is 0.564 e. The summed E-state index contributed by atoms with van der Waals surface area (Å²) in [5.74, 6) is 0. The standard InChI is InChI=1S/C13H17N3O3S.ClH/c1-15-7-8-16(10-15)9-13(17)11-3-5-12(6-4-11)14-20(2,18)19;/h3-8,13-14,17H,9H2,1-2H3;1H/q+1;/p-1. The molecule has 0 bridgehead atoms. The zero-order valence-electron chi connectivity index (χ0n) is 11.7. The van der Waals surface area contributed by atoms with Crippen LogP contribution in [0.25, 0.3) is 0 Å². The number of aliphatic hydroxyl groups excluding tert-OH is 1. The molecule has 1 heterocycles. The van der Waals surface area contributed by atoms with Gasteiger partial charge in [0.1, 0.15) is 6.10 Å². The van der Waals surface area contributed by atoms with Crippen molar-refractivity contribution in [2.75, 3.05) is 24.6 Å². The van der Waals surface area contributed by atoms with Gasteiger partial charge in [0.2, 0.25) is 10.0 Å². The van der Waals surface area contributed by atoms with Gasteiger partial charge in [0, 0.05) is 5.69 Å². The molecule has 1 aliphatic heterocycles. The summed E-state index contributed by atoms with van der Waals surface area (Å²) in [6.07, 6.45) is 4.08. The normalized spacial score (nSPS) is 15.4. The molecule has 2 rings (SSSR count). The van der Waals surface area contributed by atoms with E-state index in [2.05, 4.69) is 11.4 Å². The zero-order chi connectivity index (χ0) is 14.8. The molecular formula is C13H17ClN3O3S. The van der Waals surface area contributed by atoms with E-state index in [4.69, 9.17) is 0 Å². The number of halogens is 1. The molecular weight excluding hydrogens is 314 g/mol. The molecule has 1 aromatic rings. The Morgan fingerprint density at radius 2 is 1.90 bits per heavy atom. The predicted octanol–water partition coefficient (Wildman–Crippen LogP) is -2.19. The van der Waals surface area contributed by atoms with Gasteiger partial charge in [-0.25, -0.2) is 8.42 Å². The maximum absolute atomic E-state index is 11.1. The maximum atomic E-state index is 11.1. The fourth-order valence-corrected chi connectivity index (χ4v) is 2.39. The van der Waals surface area contributed by atoms with Gasteiger partial charge < -0.3 is 17.5 Å². The molecule has 1 unspecified atom stereocenters. The third-order valence-corrected chi connectivity index (χ3v) is 3.33. The van der Waals surface area contributed by atoms with Crippen LogP contribution in [0.15, 0.2) is 36.7 Å². The Bertz CT molecular complexity index is 589. The molecule has 1 aliphatic rings. The first-order valence-electron chi connectivity index (χ1n) is 6.03. The van der Waals surface area contributed by atoms with E-state index in [-0.39, 0.29) is 12.4 Å². The van der Waals surface area contributed by atoms with Crippen molar-refractivity contribution in [3.8, 4) is 0 Å². The summed E-state index contributed by atoms with van der Waals surface area (Å²) in [4.78, 5) is 3.53. The van der Waals surface area contributed by atoms with E-state index in [0.717, 1.165) is 6.26 Å². The largest absolute Gasteiger partial charge is 1.00 e. The average Bonchev–Trinajstić information content (AvgIpc) is 2.73. The van der Waals surface area contributed by atoms with E-state index in [1.807, 2.05) is 19.4 Å². The first kappa shape index (κ1) is 17.5. The van der Waals surface area contributed by atoms with Gasteiger partial charge in [-0.2, -0.15) is 0 Å². The summed E-state index contributed by atoms with van der Waals surface area (Å²) in [6, 6.07) is 6.64. The SMILES string of the molecule is CN1[C+]N(CC(O)c2ccc(NS(C)(=O)=O)cc2)C=C1.[Cl-]. The fraction of sp³-hybridized carbons (Fsp3) is 0.308. The monoisotopic (exact) mass is 330 g/mol. The molecule has 0 amide bonds. The number of benzene rings is 1. The van der Waals surface area contributed by atoms with Gasteiger partial charge in [0.25, 0.3) is 0 Å². The molecule has 1 aromatic carbocycles. The molecule has 21 heavy (non-hydrogen) atoms. The number of aliphatic hydroxyl groups is 1. The second-order valence-corrected chi connectivity index (χ2v) is 6.42. The van der Waals surface area contributed by atoms with Crippen LogP contribution in [-0.2, 0) is 10.0 Å². The lowest BCUT2D eigenvalue weighted by Gasteiger charge is -2.12. The highest BCUT2D eigenvalue weighted by Gasteiger charge is 2.29. The molecule has 8 heteroatoms. The first-order chi connectivity index (χ1) is 9.33. The van der Waals surface area contributed by atoms with Crippen molar-refractivity contribution in [3.63, 3.8) is 0 Å². The minimum Gasteiger partial charge on any atom is -1.00 e. The van der Waals surface area contributed by atoms with Crippen molar-refractivity contribution < 1.29 is 25.9 Å². The zero-order valence-corrected chi connectivity index (χ0v) is 13.3. The molecule has 1 radical (unpaired) electrons. The lowest BCUT2D eigenvalue weighted by Crippen LogP contribution is -3.00. The van der Waals surface area contributed by atoms with E-state index in [9.17, 15) is 13.5 Å². The highest BCUT2D eigenvalue weighted by Crippen LogP contribution is 2.20. The molecule has 0 fully saturated rings. The number of anilines is 1. The summed E-state index contributed by atoms with van der Waals surface area (Å²) in [5, 5.41) is 10.1. The first-order valence-corrected chi connectivity index (χ1v) is 7.92. The predicted molar refractivity (Wildman–Crippen MR) is 76.7 cm³/mol. The molecule has 0 aromatic heterocycles. The van der Waals surface area contributed by atoms with Gasteiger partial charge in [-0.15, -0.1) is 9.80 Å². The minimum atomic E-state index is -3.28. The van der Waals surface area contributed by atoms with Crippen LogP contribution in [0, 0.1) is 6.67 Å². The molecule has 1 atom stereocenters. The van der Waals surface area contributed by atoms with Crippen molar-refractivity contribution in [2.24, 2.45) is 0 Å². The van der Waals surface area contributed by atoms with Gasteiger partial charge in [-0.1, -0.05) is 12.1 Å². The summed E-state index contributed by atoms with van der Waals surface area (Å²) in [7, 11) is -1.42. The number of hydrogen-bond donors (Lipinski definition) is 2. The number of rotatable bonds is 5. The molecule has 2 N–H and O–H groups in total. The van der Waals surface area contributed by atoms with Crippen LogP contribution in [0.4, 0.5) is 5.69 Å². The topological polar surface area (TPSA) is 72.9 Å². The lowest BCUT2D eigenvalue weighted by molar-refractivity contribution is -0.00000847. The number of nitrogens with zero attached hydrogens (tertiary/aromatic N) is 2. The summed E-state index contributed by atoms with van der Waals surface area (Å²) < 4.78 is 24.6. The molecule has 115 valence electrons. The Kier molecular flexibility index (Phi) is 5.77. The Hall–Kier alpha value is -1.57. The quantitative estimate of drug-likeness (QED) is 0.600. The van der Waals surface area contributed by atoms with Crippen molar-refractivity contribution in [1.82, 2.24) is 9.80 Å². The Labute approximate surface area is 131 Å². The van der Waals surface area contributed by atoms with Crippen LogP contribution < -0.4 is 17.1 Å². The lowest BCUT2D eigenvalue weighted by atomic mass is 10.1. The smallest absolute Gasteiger partial charge is 0.564 e. The molecule has 0 aliphatic carbocycles. The summed E-state index contributed by atoms with van der Waals surface area (Å²) in [5.41, 5.74) is 1.19. The van der Waals surface area contributed by atoms with E-state index >= 15 is 0 Å². The van der Waals surface area contributed by atoms with Gasteiger partial charge >= 0.3 is 6.67 Å². The van der Waals surface area contributed by atoms with E-state index in [1.165, 1.54) is 0 Å². The number of hydrogen-bond acceptors (Lipinski definition) is 5. The van der Waals surface area contributed by atoms with Crippen LogP contribution in [0.2, 0.25) is 0 Å². The highest BCUT2D eigenvalue weighted by molar-refractivity contribution is 7.92. The van der Waals surface area contributed by atoms with Gasteiger partial charge in [0.05, 0.1) is 32.2 Å². The van der Waals surface area contributed by atoms with Crippen LogP contribution in [-0.4, -0.2) is 43.2 Å². The fourth-order valence-electron chi connectivity index (χ4n) is 1.83. The second kappa shape index (κ2) is 6.93. The Balaban J connectivity index is 0.00000220. The molecule has 0 saturated carbocycles. The van der Waals surface area contributed by atoms with Crippen molar-refractivity contribution in [2.45, 2.75) is 6.10 Å². The van der Waals surface area contributed by atoms with Gasteiger partial charge in [-0.3, -0.25) is 4.72 Å². The number of sulfonamides is 1. The number of β-amino-alcohol motifs (C(OH)–C–C–N with tert-alkyl or cyclic N) is 1. The Morgan fingerprint density at radius 3 is 2.38 bits per heavy atom. The molecule has 0 saturated heterocycles. The van der Waals surface area contributed by atoms with Gasteiger partial charge in [-0.05, 0) is 17.7 Å². The van der Waals surface area contributed by atoms with Crippen molar-refractivity contribution in [3.05, 3.63) is 48.9 Å². The third-order valence-electron chi connectivity index (χ3n) is 2.72. The summed E-state index contributed by atoms with van der Waals surface area (Å²) >= 11 is 0. The van der Waals surface area contributed by atoms with Crippen LogP contribution in [0.5, 0.6) is 0 Å². The number of nitrogens with one attached hydrogen (secondary N) is 1. The van der Waals surface area contributed by atoms with E-state index in [1.54, 1.807) is 34.1 Å². The van der Waals surface area contributed by atoms with Crippen molar-refractivity contribution >= 4 is 15.7 Å². The van der Waals surface area contributed by atoms with Crippen LogP contribution >= 0.6 is 0 Å². The van der Waals surface area contributed by atoms with E-state index < -0.39 is 16.1 Å². The Morgan fingerprint density at radius 1 is 1.29 bits per heavy atom. The van der Waals surface area contributed by atoms with Crippen LogP contribution in [0.3, 0.4) is 0 Å². The summed E-state index contributed by atoms with van der Waals surface area (Å²) in [6.45, 7) is 3.39. The van der Waals surface area contributed by atoms with Crippen LogP contribution in [0.1, 0.15) is 11.7 Å². The second-order valence-electron chi connectivity index (χ2n) is 4.67. The van der Waals surface area contributed by atoms with Crippen molar-refractivity contribution in [1.29, 1.82) is 0 Å². The molecule has 6 nitrogen and oxygen atoms in total. The third kappa shape index (κ3) is 5.37. The minimum absolute atomic E-state index is 0. The van der Waals surface area contributed by atoms with E-state index in [0.29, 0.717) is 17.8 Å². The average molecular weight is 331 g/mol. The highest BCUT2D eigenvalue weighted by atomic mass is 35.5. The van der Waals surface area contributed by atoms with Gasteiger partial charge in [0.15, 0.2) is 0 Å².